The van der Waals surface area contributed by atoms with E-state index in [4.69, 9.17) is 11.5 Å². The average molecular weight is 347 g/mol. The van der Waals surface area contributed by atoms with Crippen LogP contribution in [0.5, 0.6) is 0 Å². The fraction of sp³-hybridized carbons (Fsp3) is 0.158. The number of aromatic nitrogens is 2. The molecule has 26 heavy (non-hydrogen) atoms. The fourth-order valence-electron chi connectivity index (χ4n) is 3.42. The Kier molecular flexibility index (Phi) is 3.57. The number of aryl methyl sites for hydroxylation is 1. The normalized spacial score (nSPS) is 12.9. The van der Waals surface area contributed by atoms with Crippen LogP contribution in [0.25, 0.3) is 22.0 Å². The summed E-state index contributed by atoms with van der Waals surface area (Å²) >= 11 is 0. The van der Waals surface area contributed by atoms with E-state index >= 15 is 0 Å². The van der Waals surface area contributed by atoms with E-state index < -0.39 is 5.91 Å². The highest BCUT2D eigenvalue weighted by atomic mass is 16.2. The highest BCUT2D eigenvalue weighted by Crippen LogP contribution is 2.35. The van der Waals surface area contributed by atoms with Gasteiger partial charge in [-0.2, -0.15) is 0 Å². The fourth-order valence-corrected chi connectivity index (χ4v) is 3.42. The number of nitrogens with zero attached hydrogens (tertiary/aromatic N) is 2. The van der Waals surface area contributed by atoms with Crippen molar-refractivity contribution in [3.63, 3.8) is 0 Å². The topological polar surface area (TPSA) is 124 Å². The lowest BCUT2D eigenvalue weighted by molar-refractivity contribution is 0.0963. The standard InChI is InChI=1S/C19H17N5O2/c1-2-9-3-6-13-15(20)17(18(21)25)24-23-16(13)14(9)10-4-5-12-11(7-10)8-22-19(12)26/h3-7H,2,8H2,1H3,(H2,20,23)(H2,21,25)(H,22,26). The molecule has 0 fully saturated rings. The van der Waals surface area contributed by atoms with Gasteiger partial charge in [0.15, 0.2) is 5.69 Å². The van der Waals surface area contributed by atoms with E-state index in [0.29, 0.717) is 23.0 Å². The summed E-state index contributed by atoms with van der Waals surface area (Å²) in [4.78, 5) is 23.3. The Balaban J connectivity index is 2.01. The molecule has 7 nitrogen and oxygen atoms in total. The van der Waals surface area contributed by atoms with Crippen LogP contribution in [0.4, 0.5) is 5.69 Å². The number of nitrogens with one attached hydrogen (secondary N) is 1. The van der Waals surface area contributed by atoms with Gasteiger partial charge in [0.25, 0.3) is 11.8 Å². The molecule has 0 atom stereocenters. The Hall–Kier alpha value is -3.48. The number of benzene rings is 2. The molecule has 1 aliphatic heterocycles. The van der Waals surface area contributed by atoms with Gasteiger partial charge < -0.3 is 16.8 Å². The second-order valence-corrected chi connectivity index (χ2v) is 6.23. The second-order valence-electron chi connectivity index (χ2n) is 6.23. The molecule has 4 rings (SSSR count). The SMILES string of the molecule is CCc1ccc2c(N)c(C(N)=O)nnc2c1-c1ccc2c(c1)CNC2=O. The van der Waals surface area contributed by atoms with Crippen LogP contribution in [0.3, 0.4) is 0 Å². The highest BCUT2D eigenvalue weighted by molar-refractivity contribution is 6.08. The minimum atomic E-state index is -0.708. The van der Waals surface area contributed by atoms with Crippen molar-refractivity contribution in [2.75, 3.05) is 5.73 Å². The maximum Gasteiger partial charge on any atom is 0.271 e. The molecule has 1 aliphatic rings. The third-order valence-corrected chi connectivity index (χ3v) is 4.75. The van der Waals surface area contributed by atoms with Gasteiger partial charge in [-0.3, -0.25) is 9.59 Å². The number of primary amides is 1. The highest BCUT2D eigenvalue weighted by Gasteiger charge is 2.21. The number of carbonyl (C=O) groups is 2. The number of nitrogen functional groups attached to an aromatic ring is 1. The predicted octanol–water partition coefficient (Wildman–Crippen LogP) is 1.78. The maximum atomic E-state index is 11.8. The summed E-state index contributed by atoms with van der Waals surface area (Å²) in [6.07, 6.45) is 0.790. The molecular formula is C19H17N5O2. The molecule has 2 amide bonds. The molecule has 1 aromatic heterocycles. The Morgan fingerprint density at radius 2 is 2.04 bits per heavy atom. The summed E-state index contributed by atoms with van der Waals surface area (Å²) in [6, 6.07) is 9.52. The number of hydrogen-bond donors (Lipinski definition) is 3. The lowest BCUT2D eigenvalue weighted by Gasteiger charge is -2.14. The molecule has 0 aliphatic carbocycles. The van der Waals surface area contributed by atoms with Crippen molar-refractivity contribution < 1.29 is 9.59 Å². The van der Waals surface area contributed by atoms with E-state index in [2.05, 4.69) is 22.4 Å². The van der Waals surface area contributed by atoms with E-state index in [1.807, 2.05) is 30.3 Å². The first-order valence-corrected chi connectivity index (χ1v) is 8.30. The molecule has 3 aromatic rings. The van der Waals surface area contributed by atoms with E-state index in [-0.39, 0.29) is 17.3 Å². The van der Waals surface area contributed by atoms with Crippen LogP contribution in [-0.4, -0.2) is 22.0 Å². The van der Waals surface area contributed by atoms with Crippen molar-refractivity contribution in [1.82, 2.24) is 15.5 Å². The second kappa shape index (κ2) is 5.80. The molecule has 0 saturated heterocycles. The summed E-state index contributed by atoms with van der Waals surface area (Å²) in [5, 5.41) is 11.6. The molecular weight excluding hydrogens is 330 g/mol. The van der Waals surface area contributed by atoms with Gasteiger partial charge in [0.2, 0.25) is 0 Å². The summed E-state index contributed by atoms with van der Waals surface area (Å²) in [7, 11) is 0. The molecule has 2 aromatic carbocycles. The molecule has 130 valence electrons. The maximum absolute atomic E-state index is 11.8. The van der Waals surface area contributed by atoms with Crippen LogP contribution >= 0.6 is 0 Å². The van der Waals surface area contributed by atoms with Crippen LogP contribution < -0.4 is 16.8 Å². The molecule has 0 radical (unpaired) electrons. The van der Waals surface area contributed by atoms with Crippen molar-refractivity contribution >= 4 is 28.4 Å². The zero-order valence-corrected chi connectivity index (χ0v) is 14.2. The number of carbonyl (C=O) groups excluding carboxylic acids is 2. The van der Waals surface area contributed by atoms with Crippen molar-refractivity contribution in [1.29, 1.82) is 0 Å². The van der Waals surface area contributed by atoms with Crippen molar-refractivity contribution in [3.8, 4) is 11.1 Å². The Labute approximate surface area is 149 Å². The van der Waals surface area contributed by atoms with Crippen molar-refractivity contribution in [2.45, 2.75) is 19.9 Å². The predicted molar refractivity (Wildman–Crippen MR) is 98.5 cm³/mol. The Bertz CT molecular complexity index is 1090. The monoisotopic (exact) mass is 347 g/mol. The van der Waals surface area contributed by atoms with E-state index in [1.165, 1.54) is 0 Å². The first-order chi connectivity index (χ1) is 12.5. The summed E-state index contributed by atoms with van der Waals surface area (Å²) in [5.74, 6) is -0.768. The molecule has 2 heterocycles. The molecule has 7 heteroatoms. The molecule has 0 bridgehead atoms. The quantitative estimate of drug-likeness (QED) is 0.666. The number of anilines is 1. The van der Waals surface area contributed by atoms with Gasteiger partial charge in [-0.15, -0.1) is 10.2 Å². The molecule has 0 saturated carbocycles. The number of amides is 2. The largest absolute Gasteiger partial charge is 0.396 e. The van der Waals surface area contributed by atoms with Crippen LogP contribution in [0.1, 0.15) is 38.9 Å². The van der Waals surface area contributed by atoms with Gasteiger partial charge in [-0.1, -0.05) is 25.1 Å². The van der Waals surface area contributed by atoms with Gasteiger partial charge in [0.1, 0.15) is 5.52 Å². The number of nitrogens with two attached hydrogens (primary N) is 2. The zero-order valence-electron chi connectivity index (χ0n) is 14.2. The first-order valence-electron chi connectivity index (χ1n) is 8.30. The molecule has 0 spiro atoms. The van der Waals surface area contributed by atoms with Crippen LogP contribution in [0.2, 0.25) is 0 Å². The summed E-state index contributed by atoms with van der Waals surface area (Å²) in [5.41, 5.74) is 16.8. The van der Waals surface area contributed by atoms with Crippen LogP contribution in [0, 0.1) is 0 Å². The third-order valence-electron chi connectivity index (χ3n) is 4.75. The van der Waals surface area contributed by atoms with Gasteiger partial charge in [0, 0.05) is 23.1 Å². The van der Waals surface area contributed by atoms with Crippen molar-refractivity contribution in [2.24, 2.45) is 5.73 Å². The minimum absolute atomic E-state index is 0.0311. The number of hydrogen-bond acceptors (Lipinski definition) is 5. The summed E-state index contributed by atoms with van der Waals surface area (Å²) < 4.78 is 0. The lowest BCUT2D eigenvalue weighted by Crippen LogP contribution is -2.17. The van der Waals surface area contributed by atoms with Gasteiger partial charge in [0.05, 0.1) is 5.69 Å². The van der Waals surface area contributed by atoms with Crippen LogP contribution in [0.15, 0.2) is 30.3 Å². The van der Waals surface area contributed by atoms with E-state index in [0.717, 1.165) is 28.7 Å². The molecule has 5 N–H and O–H groups in total. The number of rotatable bonds is 3. The smallest absolute Gasteiger partial charge is 0.271 e. The minimum Gasteiger partial charge on any atom is -0.396 e. The van der Waals surface area contributed by atoms with Crippen molar-refractivity contribution in [3.05, 3.63) is 52.7 Å². The van der Waals surface area contributed by atoms with Gasteiger partial charge in [-0.25, -0.2) is 0 Å². The Morgan fingerprint density at radius 3 is 2.77 bits per heavy atom. The lowest BCUT2D eigenvalue weighted by atomic mass is 9.92. The molecule has 0 unspecified atom stereocenters. The van der Waals surface area contributed by atoms with Crippen LogP contribution in [-0.2, 0) is 13.0 Å². The zero-order chi connectivity index (χ0) is 18.4. The third kappa shape index (κ3) is 2.28. The Morgan fingerprint density at radius 1 is 1.23 bits per heavy atom. The first kappa shape index (κ1) is 16.0. The number of fused-ring (bicyclic) bond motifs is 2. The van der Waals surface area contributed by atoms with Gasteiger partial charge >= 0.3 is 0 Å². The average Bonchev–Trinajstić information content (AvgIpc) is 3.01. The van der Waals surface area contributed by atoms with E-state index in [1.54, 1.807) is 0 Å². The van der Waals surface area contributed by atoms with E-state index in [9.17, 15) is 9.59 Å². The summed E-state index contributed by atoms with van der Waals surface area (Å²) in [6.45, 7) is 2.56. The van der Waals surface area contributed by atoms with Gasteiger partial charge in [-0.05, 0) is 35.2 Å².